The number of hydrogen-bond donors (Lipinski definition) is 2. The molecule has 1 unspecified atom stereocenters. The zero-order valence-corrected chi connectivity index (χ0v) is 13.8. The molecule has 0 bridgehead atoms. The Kier molecular flexibility index (Phi) is 6.72. The first kappa shape index (κ1) is 16.5. The van der Waals surface area contributed by atoms with E-state index < -0.39 is 0 Å². The molecule has 1 atom stereocenters. The Hall–Kier alpha value is -0.860. The fraction of sp³-hybridized carbons (Fsp3) is 0.684. The van der Waals surface area contributed by atoms with Gasteiger partial charge >= 0.3 is 0 Å². The van der Waals surface area contributed by atoms with Gasteiger partial charge < -0.3 is 0 Å². The van der Waals surface area contributed by atoms with E-state index in [1.54, 1.807) is 0 Å². The number of unbranched alkanes of at least 4 members (excludes halogenated alkanes) is 1. The molecule has 3 N–H and O–H groups in total. The third-order valence-electron chi connectivity index (χ3n) is 5.23. The zero-order valence-electron chi connectivity index (χ0n) is 13.8. The van der Waals surface area contributed by atoms with Crippen LogP contribution in [0.1, 0.15) is 76.0 Å². The molecule has 1 aromatic rings. The van der Waals surface area contributed by atoms with Gasteiger partial charge in [-0.25, -0.2) is 0 Å². The molecule has 21 heavy (non-hydrogen) atoms. The zero-order chi connectivity index (χ0) is 15.1. The van der Waals surface area contributed by atoms with Crippen molar-refractivity contribution in [1.29, 1.82) is 0 Å². The quantitative estimate of drug-likeness (QED) is 0.561. The molecule has 2 heteroatoms. The number of rotatable bonds is 7. The van der Waals surface area contributed by atoms with Gasteiger partial charge in [-0.15, -0.1) is 0 Å². The maximum absolute atomic E-state index is 5.89. The van der Waals surface area contributed by atoms with Gasteiger partial charge in [-0.1, -0.05) is 70.2 Å². The van der Waals surface area contributed by atoms with Crippen molar-refractivity contribution in [1.82, 2.24) is 5.43 Å². The summed E-state index contributed by atoms with van der Waals surface area (Å²) in [6.07, 6.45) is 10.7. The molecule has 0 heterocycles. The van der Waals surface area contributed by atoms with Gasteiger partial charge in [-0.05, 0) is 42.2 Å². The Morgan fingerprint density at radius 2 is 1.95 bits per heavy atom. The Bertz CT molecular complexity index is 408. The highest BCUT2D eigenvalue weighted by Crippen LogP contribution is 2.38. The van der Waals surface area contributed by atoms with Crippen LogP contribution in [-0.2, 0) is 6.42 Å². The Morgan fingerprint density at radius 1 is 1.19 bits per heavy atom. The predicted molar refractivity (Wildman–Crippen MR) is 90.9 cm³/mol. The number of benzene rings is 1. The van der Waals surface area contributed by atoms with Crippen LogP contribution in [0.4, 0.5) is 0 Å². The maximum atomic E-state index is 5.89. The largest absolute Gasteiger partial charge is 0.271 e. The van der Waals surface area contributed by atoms with Gasteiger partial charge in [-0.3, -0.25) is 11.3 Å². The van der Waals surface area contributed by atoms with E-state index in [4.69, 9.17) is 5.84 Å². The van der Waals surface area contributed by atoms with Crippen molar-refractivity contribution in [2.45, 2.75) is 71.3 Å². The SMILES string of the molecule is CCCCC1CCC(C(NN)c2cccc(CC)c2)CC1. The highest BCUT2D eigenvalue weighted by molar-refractivity contribution is 5.26. The van der Waals surface area contributed by atoms with Crippen LogP contribution in [0.2, 0.25) is 0 Å². The van der Waals surface area contributed by atoms with Crippen molar-refractivity contribution >= 4 is 0 Å². The highest BCUT2D eigenvalue weighted by Gasteiger charge is 2.27. The summed E-state index contributed by atoms with van der Waals surface area (Å²) in [5.41, 5.74) is 5.87. The summed E-state index contributed by atoms with van der Waals surface area (Å²) in [6.45, 7) is 4.50. The number of nitrogens with one attached hydrogen (secondary N) is 1. The van der Waals surface area contributed by atoms with E-state index in [1.165, 1.54) is 56.1 Å². The molecular weight excluding hydrogens is 256 g/mol. The van der Waals surface area contributed by atoms with Crippen molar-refractivity contribution in [2.24, 2.45) is 17.7 Å². The molecule has 2 rings (SSSR count). The summed E-state index contributed by atoms with van der Waals surface area (Å²) >= 11 is 0. The molecule has 0 radical (unpaired) electrons. The van der Waals surface area contributed by atoms with Crippen molar-refractivity contribution in [3.63, 3.8) is 0 Å². The minimum Gasteiger partial charge on any atom is -0.271 e. The monoisotopic (exact) mass is 288 g/mol. The van der Waals surface area contributed by atoms with Crippen molar-refractivity contribution < 1.29 is 0 Å². The Labute approximate surface area is 130 Å². The summed E-state index contributed by atoms with van der Waals surface area (Å²) in [5.74, 6) is 7.55. The number of hydrazine groups is 1. The third-order valence-corrected chi connectivity index (χ3v) is 5.23. The van der Waals surface area contributed by atoms with E-state index in [-0.39, 0.29) is 0 Å². The first-order valence-corrected chi connectivity index (χ1v) is 8.83. The van der Waals surface area contributed by atoms with Crippen LogP contribution < -0.4 is 11.3 Å². The summed E-state index contributed by atoms with van der Waals surface area (Å²) in [4.78, 5) is 0. The first-order valence-electron chi connectivity index (χ1n) is 8.83. The van der Waals surface area contributed by atoms with Crippen LogP contribution in [0.25, 0.3) is 0 Å². The molecule has 1 saturated carbocycles. The van der Waals surface area contributed by atoms with E-state index >= 15 is 0 Å². The lowest BCUT2D eigenvalue weighted by Gasteiger charge is -2.34. The van der Waals surface area contributed by atoms with E-state index in [0.29, 0.717) is 12.0 Å². The Morgan fingerprint density at radius 3 is 2.57 bits per heavy atom. The summed E-state index contributed by atoms with van der Waals surface area (Å²) < 4.78 is 0. The lowest BCUT2D eigenvalue weighted by Crippen LogP contribution is -2.35. The highest BCUT2D eigenvalue weighted by atomic mass is 15.2. The molecule has 1 fully saturated rings. The lowest BCUT2D eigenvalue weighted by molar-refractivity contribution is 0.213. The van der Waals surface area contributed by atoms with E-state index in [2.05, 4.69) is 43.5 Å². The van der Waals surface area contributed by atoms with Gasteiger partial charge in [0.25, 0.3) is 0 Å². The molecule has 0 saturated heterocycles. The second-order valence-electron chi connectivity index (χ2n) is 6.67. The molecular formula is C19H32N2. The minimum atomic E-state index is 0.323. The first-order chi connectivity index (χ1) is 10.3. The molecule has 0 amide bonds. The molecule has 1 aromatic carbocycles. The third kappa shape index (κ3) is 4.55. The average molecular weight is 288 g/mol. The molecule has 1 aliphatic carbocycles. The molecule has 2 nitrogen and oxygen atoms in total. The minimum absolute atomic E-state index is 0.323. The molecule has 0 spiro atoms. The van der Waals surface area contributed by atoms with Gasteiger partial charge in [0.15, 0.2) is 0 Å². The number of hydrogen-bond acceptors (Lipinski definition) is 2. The van der Waals surface area contributed by atoms with E-state index in [0.717, 1.165) is 12.3 Å². The second kappa shape index (κ2) is 8.55. The number of nitrogens with two attached hydrogens (primary N) is 1. The molecule has 0 aromatic heterocycles. The summed E-state index contributed by atoms with van der Waals surface area (Å²) in [6, 6.07) is 9.26. The van der Waals surface area contributed by atoms with Crippen molar-refractivity contribution in [3.05, 3.63) is 35.4 Å². The van der Waals surface area contributed by atoms with Gasteiger partial charge in [0.05, 0.1) is 0 Å². The van der Waals surface area contributed by atoms with E-state index in [1.807, 2.05) is 0 Å². The van der Waals surface area contributed by atoms with Crippen molar-refractivity contribution in [2.75, 3.05) is 0 Å². The van der Waals surface area contributed by atoms with Crippen LogP contribution in [0.5, 0.6) is 0 Å². The summed E-state index contributed by atoms with van der Waals surface area (Å²) in [5, 5.41) is 0. The van der Waals surface area contributed by atoms with Crippen molar-refractivity contribution in [3.8, 4) is 0 Å². The van der Waals surface area contributed by atoms with E-state index in [9.17, 15) is 0 Å². The fourth-order valence-electron chi connectivity index (χ4n) is 3.81. The molecule has 1 aliphatic rings. The van der Waals surface area contributed by atoms with Crippen LogP contribution in [0.3, 0.4) is 0 Å². The topological polar surface area (TPSA) is 38.0 Å². The lowest BCUT2D eigenvalue weighted by atomic mass is 9.75. The number of aryl methyl sites for hydroxylation is 1. The maximum Gasteiger partial charge on any atom is 0.0488 e. The van der Waals surface area contributed by atoms with Gasteiger partial charge in [0.2, 0.25) is 0 Å². The summed E-state index contributed by atoms with van der Waals surface area (Å²) in [7, 11) is 0. The van der Waals surface area contributed by atoms with Crippen LogP contribution in [-0.4, -0.2) is 0 Å². The van der Waals surface area contributed by atoms with Crippen LogP contribution >= 0.6 is 0 Å². The average Bonchev–Trinajstić information content (AvgIpc) is 2.55. The smallest absolute Gasteiger partial charge is 0.0488 e. The standard InChI is InChI=1S/C19H32N2/c1-3-5-7-16-10-12-17(13-11-16)19(21-20)18-9-6-8-15(4-2)14-18/h6,8-9,14,16-17,19,21H,3-5,7,10-13,20H2,1-2H3. The van der Waals surface area contributed by atoms with Crippen LogP contribution in [0.15, 0.2) is 24.3 Å². The fourth-order valence-corrected chi connectivity index (χ4v) is 3.81. The Balaban J connectivity index is 1.96. The van der Waals surface area contributed by atoms with Gasteiger partial charge in [0, 0.05) is 6.04 Å². The second-order valence-corrected chi connectivity index (χ2v) is 6.67. The van der Waals surface area contributed by atoms with Crippen LogP contribution in [0, 0.1) is 11.8 Å². The molecule has 0 aliphatic heterocycles. The van der Waals surface area contributed by atoms with Gasteiger partial charge in [0.1, 0.15) is 0 Å². The normalized spacial score (nSPS) is 24.0. The molecule has 118 valence electrons. The van der Waals surface area contributed by atoms with Gasteiger partial charge in [-0.2, -0.15) is 0 Å². The predicted octanol–water partition coefficient (Wildman–Crippen LogP) is 4.75.